The van der Waals surface area contributed by atoms with Crippen molar-refractivity contribution in [3.8, 4) is 0 Å². The molecule has 0 saturated carbocycles. The van der Waals surface area contributed by atoms with Crippen molar-refractivity contribution in [3.05, 3.63) is 58.9 Å². The minimum absolute atomic E-state index is 0.125. The fourth-order valence-corrected chi connectivity index (χ4v) is 3.66. The van der Waals surface area contributed by atoms with E-state index in [0.29, 0.717) is 16.8 Å². The number of hydrogen-bond donors (Lipinski definition) is 1. The van der Waals surface area contributed by atoms with Crippen LogP contribution < -0.4 is 4.72 Å². The van der Waals surface area contributed by atoms with E-state index in [1.165, 1.54) is 12.1 Å². The van der Waals surface area contributed by atoms with Crippen LogP contribution in [0, 0.1) is 26.6 Å². The number of rotatable bonds is 3. The second kappa shape index (κ2) is 5.25. The lowest BCUT2D eigenvalue weighted by molar-refractivity contribution is 0.597. The molecular formula is C15H16FNO2S. The lowest BCUT2D eigenvalue weighted by Gasteiger charge is -2.13. The number of nitrogens with one attached hydrogen (secondary N) is 1. The Morgan fingerprint density at radius 3 is 1.95 bits per heavy atom. The highest BCUT2D eigenvalue weighted by Crippen LogP contribution is 2.24. The number of halogens is 1. The van der Waals surface area contributed by atoms with E-state index >= 15 is 0 Å². The van der Waals surface area contributed by atoms with Gasteiger partial charge in [0.15, 0.2) is 0 Å². The van der Waals surface area contributed by atoms with Crippen LogP contribution in [0.25, 0.3) is 0 Å². The van der Waals surface area contributed by atoms with E-state index in [0.717, 1.165) is 5.56 Å². The van der Waals surface area contributed by atoms with Crippen LogP contribution >= 0.6 is 0 Å². The topological polar surface area (TPSA) is 46.2 Å². The van der Waals surface area contributed by atoms with Gasteiger partial charge >= 0.3 is 0 Å². The first-order valence-electron chi connectivity index (χ1n) is 6.16. The SMILES string of the molecule is Cc1ccc(NS(=O)(=O)c2c(C)cc(F)cc2C)cc1. The Morgan fingerprint density at radius 1 is 0.950 bits per heavy atom. The third-order valence-electron chi connectivity index (χ3n) is 3.00. The summed E-state index contributed by atoms with van der Waals surface area (Å²) in [5.41, 5.74) is 2.31. The third kappa shape index (κ3) is 2.99. The summed E-state index contributed by atoms with van der Waals surface area (Å²) < 4.78 is 40.6. The number of benzene rings is 2. The number of hydrogen-bond acceptors (Lipinski definition) is 2. The highest BCUT2D eigenvalue weighted by molar-refractivity contribution is 7.92. The number of sulfonamides is 1. The molecule has 2 aromatic rings. The van der Waals surface area contributed by atoms with Gasteiger partial charge in [0.25, 0.3) is 10.0 Å². The standard InChI is InChI=1S/C15H16FNO2S/c1-10-4-6-14(7-5-10)17-20(18,19)15-11(2)8-13(16)9-12(15)3/h4-9,17H,1-3H3. The molecular weight excluding hydrogens is 277 g/mol. The largest absolute Gasteiger partial charge is 0.280 e. The molecule has 0 fully saturated rings. The molecule has 0 aliphatic carbocycles. The Morgan fingerprint density at radius 2 is 1.45 bits per heavy atom. The lowest BCUT2D eigenvalue weighted by atomic mass is 10.1. The molecule has 0 atom stereocenters. The second-order valence-corrected chi connectivity index (χ2v) is 6.46. The maximum absolute atomic E-state index is 13.3. The number of aryl methyl sites for hydroxylation is 3. The molecule has 0 aliphatic heterocycles. The van der Waals surface area contributed by atoms with Gasteiger partial charge in [0.2, 0.25) is 0 Å². The first-order valence-corrected chi connectivity index (χ1v) is 7.64. The minimum Gasteiger partial charge on any atom is -0.280 e. The number of anilines is 1. The summed E-state index contributed by atoms with van der Waals surface area (Å²) >= 11 is 0. The predicted octanol–water partition coefficient (Wildman–Crippen LogP) is 3.55. The van der Waals surface area contributed by atoms with Gasteiger partial charge in [-0.05, 0) is 56.2 Å². The van der Waals surface area contributed by atoms with Gasteiger partial charge in [0, 0.05) is 5.69 Å². The molecule has 0 saturated heterocycles. The van der Waals surface area contributed by atoms with E-state index in [-0.39, 0.29) is 4.90 Å². The van der Waals surface area contributed by atoms with Gasteiger partial charge in [-0.15, -0.1) is 0 Å². The first-order chi connectivity index (χ1) is 9.29. The summed E-state index contributed by atoms with van der Waals surface area (Å²) in [4.78, 5) is 0.125. The van der Waals surface area contributed by atoms with Crippen molar-refractivity contribution in [3.63, 3.8) is 0 Å². The molecule has 0 spiro atoms. The van der Waals surface area contributed by atoms with Crippen LogP contribution in [0.3, 0.4) is 0 Å². The van der Waals surface area contributed by atoms with E-state index in [2.05, 4.69) is 4.72 Å². The molecule has 0 bridgehead atoms. The zero-order chi connectivity index (χ0) is 14.9. The molecule has 0 amide bonds. The molecule has 0 unspecified atom stereocenters. The summed E-state index contributed by atoms with van der Waals surface area (Å²) in [6.07, 6.45) is 0. The molecule has 2 aromatic carbocycles. The molecule has 2 rings (SSSR count). The van der Waals surface area contributed by atoms with E-state index in [1.54, 1.807) is 26.0 Å². The van der Waals surface area contributed by atoms with Crippen LogP contribution in [0.2, 0.25) is 0 Å². The van der Waals surface area contributed by atoms with Crippen molar-refractivity contribution in [2.75, 3.05) is 4.72 Å². The summed E-state index contributed by atoms with van der Waals surface area (Å²) in [7, 11) is -3.72. The molecule has 0 heterocycles. The molecule has 20 heavy (non-hydrogen) atoms. The van der Waals surface area contributed by atoms with Crippen molar-refractivity contribution in [2.24, 2.45) is 0 Å². The molecule has 1 N–H and O–H groups in total. The van der Waals surface area contributed by atoms with Gasteiger partial charge in [0.05, 0.1) is 4.90 Å². The summed E-state index contributed by atoms with van der Waals surface area (Å²) in [6.45, 7) is 5.09. The quantitative estimate of drug-likeness (QED) is 0.940. The first kappa shape index (κ1) is 14.5. The Hall–Kier alpha value is -1.88. The van der Waals surface area contributed by atoms with Gasteiger partial charge in [-0.1, -0.05) is 17.7 Å². The zero-order valence-electron chi connectivity index (χ0n) is 11.6. The van der Waals surface area contributed by atoms with Gasteiger partial charge in [-0.3, -0.25) is 4.72 Å². The lowest BCUT2D eigenvalue weighted by Crippen LogP contribution is -2.16. The van der Waals surface area contributed by atoms with Crippen molar-refractivity contribution in [2.45, 2.75) is 25.7 Å². The van der Waals surface area contributed by atoms with E-state index in [4.69, 9.17) is 0 Å². The summed E-state index contributed by atoms with van der Waals surface area (Å²) in [5, 5.41) is 0. The predicted molar refractivity (Wildman–Crippen MR) is 77.9 cm³/mol. The molecule has 0 aromatic heterocycles. The Balaban J connectivity index is 2.43. The van der Waals surface area contributed by atoms with E-state index < -0.39 is 15.8 Å². The van der Waals surface area contributed by atoms with Crippen LogP contribution in [-0.4, -0.2) is 8.42 Å². The maximum Gasteiger partial charge on any atom is 0.262 e. The Labute approximate surface area is 118 Å². The van der Waals surface area contributed by atoms with Crippen LogP contribution in [0.5, 0.6) is 0 Å². The van der Waals surface area contributed by atoms with Gasteiger partial charge < -0.3 is 0 Å². The van der Waals surface area contributed by atoms with Gasteiger partial charge in [-0.25, -0.2) is 12.8 Å². The average Bonchev–Trinajstić information content (AvgIpc) is 2.30. The van der Waals surface area contributed by atoms with Crippen LogP contribution in [0.1, 0.15) is 16.7 Å². The summed E-state index contributed by atoms with van der Waals surface area (Å²) in [6, 6.07) is 9.47. The van der Waals surface area contributed by atoms with Crippen LogP contribution in [-0.2, 0) is 10.0 Å². The minimum atomic E-state index is -3.72. The fourth-order valence-electron chi connectivity index (χ4n) is 2.15. The highest BCUT2D eigenvalue weighted by atomic mass is 32.2. The second-order valence-electron chi connectivity index (χ2n) is 4.84. The average molecular weight is 293 g/mol. The monoisotopic (exact) mass is 293 g/mol. The Kier molecular flexibility index (Phi) is 3.81. The van der Waals surface area contributed by atoms with Crippen LogP contribution in [0.4, 0.5) is 10.1 Å². The van der Waals surface area contributed by atoms with Gasteiger partial charge in [0.1, 0.15) is 5.82 Å². The van der Waals surface area contributed by atoms with Gasteiger partial charge in [-0.2, -0.15) is 0 Å². The summed E-state index contributed by atoms with van der Waals surface area (Å²) in [5.74, 6) is -0.436. The van der Waals surface area contributed by atoms with E-state index in [1.807, 2.05) is 19.1 Å². The molecule has 0 radical (unpaired) electrons. The highest BCUT2D eigenvalue weighted by Gasteiger charge is 2.20. The smallest absolute Gasteiger partial charge is 0.262 e. The molecule has 3 nitrogen and oxygen atoms in total. The normalized spacial score (nSPS) is 11.4. The maximum atomic E-state index is 13.3. The van der Waals surface area contributed by atoms with Crippen molar-refractivity contribution in [1.29, 1.82) is 0 Å². The third-order valence-corrected chi connectivity index (χ3v) is 4.68. The molecule has 0 aliphatic rings. The molecule has 106 valence electrons. The van der Waals surface area contributed by atoms with Crippen molar-refractivity contribution >= 4 is 15.7 Å². The molecule has 5 heteroatoms. The zero-order valence-corrected chi connectivity index (χ0v) is 12.4. The van der Waals surface area contributed by atoms with Crippen LogP contribution in [0.15, 0.2) is 41.3 Å². The van der Waals surface area contributed by atoms with Crippen molar-refractivity contribution < 1.29 is 12.8 Å². The van der Waals surface area contributed by atoms with Crippen molar-refractivity contribution in [1.82, 2.24) is 0 Å². The van der Waals surface area contributed by atoms with E-state index in [9.17, 15) is 12.8 Å². The Bertz CT molecular complexity index is 714. The fraction of sp³-hybridized carbons (Fsp3) is 0.200.